The first-order valence-corrected chi connectivity index (χ1v) is 11.5. The predicted octanol–water partition coefficient (Wildman–Crippen LogP) is 4.81. The molecule has 0 fully saturated rings. The van der Waals surface area contributed by atoms with Crippen LogP contribution < -0.4 is 10.1 Å². The van der Waals surface area contributed by atoms with E-state index in [1.165, 1.54) is 34.9 Å². The maximum atomic E-state index is 12.9. The highest BCUT2D eigenvalue weighted by atomic mass is 35.5. The average Bonchev–Trinajstić information content (AvgIpc) is 2.76. The van der Waals surface area contributed by atoms with Gasteiger partial charge in [-0.2, -0.15) is 4.31 Å². The Kier molecular flexibility index (Phi) is 7.27. The topological polar surface area (TPSA) is 88.6 Å². The molecule has 0 spiro atoms. The van der Waals surface area contributed by atoms with Crippen molar-refractivity contribution in [2.24, 2.45) is 0 Å². The Bertz CT molecular complexity index is 1170. The summed E-state index contributed by atoms with van der Waals surface area (Å²) >= 11 is 6.21. The van der Waals surface area contributed by atoms with Gasteiger partial charge in [0.2, 0.25) is 10.0 Å². The Hall–Kier alpha value is -2.94. The Morgan fingerprint density at radius 3 is 2.48 bits per heavy atom. The second-order valence-corrected chi connectivity index (χ2v) is 8.82. The third-order valence-corrected chi connectivity index (χ3v) is 6.90. The van der Waals surface area contributed by atoms with E-state index in [4.69, 9.17) is 16.3 Å². The van der Waals surface area contributed by atoms with Crippen LogP contribution in [0.15, 0.2) is 71.9 Å². The highest BCUT2D eigenvalue weighted by Crippen LogP contribution is 2.30. The molecule has 0 aliphatic heterocycles. The molecular formula is C22H22ClN3O4S. The molecule has 1 heterocycles. The molecule has 3 aromatic rings. The van der Waals surface area contributed by atoms with Gasteiger partial charge in [0.1, 0.15) is 11.4 Å². The minimum Gasteiger partial charge on any atom is -0.455 e. The SMILES string of the molecule is CCN(CC)S(=O)(=O)c1ccc(Cl)c(C(=O)Nc2cnccc2Oc2ccccc2)c1. The minimum atomic E-state index is -3.74. The zero-order valence-corrected chi connectivity index (χ0v) is 18.7. The molecule has 0 aliphatic carbocycles. The van der Waals surface area contributed by atoms with Crippen molar-refractivity contribution < 1.29 is 17.9 Å². The number of hydrogen-bond acceptors (Lipinski definition) is 5. The van der Waals surface area contributed by atoms with Gasteiger partial charge >= 0.3 is 0 Å². The number of ether oxygens (including phenoxy) is 1. The average molecular weight is 460 g/mol. The molecule has 31 heavy (non-hydrogen) atoms. The molecule has 9 heteroatoms. The number of sulfonamides is 1. The number of halogens is 1. The molecular weight excluding hydrogens is 438 g/mol. The fourth-order valence-electron chi connectivity index (χ4n) is 2.92. The third kappa shape index (κ3) is 5.22. The van der Waals surface area contributed by atoms with Gasteiger partial charge in [0.15, 0.2) is 5.75 Å². The van der Waals surface area contributed by atoms with Gasteiger partial charge in [-0.15, -0.1) is 0 Å². The van der Waals surface area contributed by atoms with Crippen molar-refractivity contribution in [1.82, 2.24) is 9.29 Å². The fraction of sp³-hybridized carbons (Fsp3) is 0.182. The number of para-hydroxylation sites is 1. The van der Waals surface area contributed by atoms with E-state index in [2.05, 4.69) is 10.3 Å². The normalized spacial score (nSPS) is 11.4. The lowest BCUT2D eigenvalue weighted by molar-refractivity contribution is 0.102. The summed E-state index contributed by atoms with van der Waals surface area (Å²) in [6.45, 7) is 4.14. The maximum absolute atomic E-state index is 12.9. The lowest BCUT2D eigenvalue weighted by Crippen LogP contribution is -2.30. The fourth-order valence-corrected chi connectivity index (χ4v) is 4.61. The second kappa shape index (κ2) is 9.91. The molecule has 0 unspecified atom stereocenters. The molecule has 0 saturated carbocycles. The summed E-state index contributed by atoms with van der Waals surface area (Å²) in [5, 5.41) is 2.83. The second-order valence-electron chi connectivity index (χ2n) is 6.47. The number of nitrogens with zero attached hydrogens (tertiary/aromatic N) is 2. The number of hydrogen-bond donors (Lipinski definition) is 1. The molecule has 7 nitrogen and oxygen atoms in total. The first kappa shape index (κ1) is 22.7. The number of anilines is 1. The van der Waals surface area contributed by atoms with Crippen molar-refractivity contribution in [2.75, 3.05) is 18.4 Å². The van der Waals surface area contributed by atoms with E-state index in [1.807, 2.05) is 18.2 Å². The van der Waals surface area contributed by atoms with Crippen LogP contribution in [0.2, 0.25) is 5.02 Å². The molecule has 162 valence electrons. The van der Waals surface area contributed by atoms with E-state index in [1.54, 1.807) is 32.0 Å². The van der Waals surface area contributed by atoms with Gasteiger partial charge < -0.3 is 10.1 Å². The zero-order chi connectivity index (χ0) is 22.4. The molecule has 1 aromatic heterocycles. The van der Waals surface area contributed by atoms with E-state index in [-0.39, 0.29) is 15.5 Å². The quantitative estimate of drug-likeness (QED) is 0.522. The summed E-state index contributed by atoms with van der Waals surface area (Å²) < 4.78 is 32.8. The van der Waals surface area contributed by atoms with Crippen molar-refractivity contribution in [3.05, 3.63) is 77.6 Å². The molecule has 0 saturated heterocycles. The highest BCUT2D eigenvalue weighted by Gasteiger charge is 2.24. The molecule has 1 N–H and O–H groups in total. The number of pyridine rings is 1. The summed E-state index contributed by atoms with van der Waals surface area (Å²) in [7, 11) is -3.74. The molecule has 2 aromatic carbocycles. The summed E-state index contributed by atoms with van der Waals surface area (Å²) in [5.41, 5.74) is 0.355. The van der Waals surface area contributed by atoms with E-state index in [0.717, 1.165) is 0 Å². The standard InChI is InChI=1S/C22H22ClN3O4S/c1-3-26(4-2)31(28,29)17-10-11-19(23)18(14-17)22(27)25-20-15-24-13-12-21(20)30-16-8-6-5-7-9-16/h5-15H,3-4H2,1-2H3,(H,25,27). The smallest absolute Gasteiger partial charge is 0.257 e. The van der Waals surface area contributed by atoms with Gasteiger partial charge in [-0.05, 0) is 30.3 Å². The maximum Gasteiger partial charge on any atom is 0.257 e. The predicted molar refractivity (Wildman–Crippen MR) is 120 cm³/mol. The van der Waals surface area contributed by atoms with Crippen molar-refractivity contribution in [3.63, 3.8) is 0 Å². The van der Waals surface area contributed by atoms with Crippen LogP contribution in [0.3, 0.4) is 0 Å². The Balaban J connectivity index is 1.90. The lowest BCUT2D eigenvalue weighted by atomic mass is 10.2. The number of carbonyl (C=O) groups is 1. The number of benzene rings is 2. The van der Waals surface area contributed by atoms with Crippen LogP contribution in [0.5, 0.6) is 11.5 Å². The largest absolute Gasteiger partial charge is 0.455 e. The van der Waals surface area contributed by atoms with Crippen LogP contribution in [0, 0.1) is 0 Å². The molecule has 1 amide bonds. The number of nitrogens with one attached hydrogen (secondary N) is 1. The van der Waals surface area contributed by atoms with E-state index < -0.39 is 15.9 Å². The Morgan fingerprint density at radius 1 is 1.10 bits per heavy atom. The first-order valence-electron chi connectivity index (χ1n) is 9.64. The summed E-state index contributed by atoms with van der Waals surface area (Å²) in [4.78, 5) is 17.0. The molecule has 0 bridgehead atoms. The van der Waals surface area contributed by atoms with Crippen molar-refractivity contribution in [1.29, 1.82) is 0 Å². The Morgan fingerprint density at radius 2 is 1.81 bits per heavy atom. The molecule has 0 radical (unpaired) electrons. The lowest BCUT2D eigenvalue weighted by Gasteiger charge is -2.19. The molecule has 3 rings (SSSR count). The first-order chi connectivity index (χ1) is 14.9. The van der Waals surface area contributed by atoms with Crippen molar-refractivity contribution >= 4 is 33.2 Å². The van der Waals surface area contributed by atoms with Gasteiger partial charge in [0.25, 0.3) is 5.91 Å². The minimum absolute atomic E-state index is 0.00213. The van der Waals surface area contributed by atoms with Crippen LogP contribution in [0.1, 0.15) is 24.2 Å². The van der Waals surface area contributed by atoms with Gasteiger partial charge in [-0.3, -0.25) is 9.78 Å². The van der Waals surface area contributed by atoms with Crippen molar-refractivity contribution in [3.8, 4) is 11.5 Å². The highest BCUT2D eigenvalue weighted by molar-refractivity contribution is 7.89. The number of carbonyl (C=O) groups excluding carboxylic acids is 1. The van der Waals surface area contributed by atoms with Gasteiger partial charge in [-0.1, -0.05) is 43.6 Å². The van der Waals surface area contributed by atoms with Crippen LogP contribution in [-0.2, 0) is 10.0 Å². The Labute approximate surface area is 186 Å². The van der Waals surface area contributed by atoms with E-state index >= 15 is 0 Å². The molecule has 0 atom stereocenters. The van der Waals surface area contributed by atoms with Gasteiger partial charge in [0.05, 0.1) is 21.7 Å². The van der Waals surface area contributed by atoms with Gasteiger partial charge in [0, 0.05) is 25.4 Å². The number of amides is 1. The number of aromatic nitrogens is 1. The summed E-state index contributed by atoms with van der Waals surface area (Å²) in [6.07, 6.45) is 2.98. The molecule has 0 aliphatic rings. The van der Waals surface area contributed by atoms with E-state index in [9.17, 15) is 13.2 Å². The summed E-state index contributed by atoms with van der Waals surface area (Å²) in [6, 6.07) is 14.8. The summed E-state index contributed by atoms with van der Waals surface area (Å²) in [5.74, 6) is 0.402. The van der Waals surface area contributed by atoms with Crippen molar-refractivity contribution in [2.45, 2.75) is 18.7 Å². The number of rotatable bonds is 8. The third-order valence-electron chi connectivity index (χ3n) is 4.53. The van der Waals surface area contributed by atoms with Crippen LogP contribution >= 0.6 is 11.6 Å². The van der Waals surface area contributed by atoms with E-state index in [0.29, 0.717) is 30.3 Å². The van der Waals surface area contributed by atoms with Crippen LogP contribution in [0.25, 0.3) is 0 Å². The van der Waals surface area contributed by atoms with Crippen LogP contribution in [-0.4, -0.2) is 36.7 Å². The van der Waals surface area contributed by atoms with Gasteiger partial charge in [-0.25, -0.2) is 8.42 Å². The monoisotopic (exact) mass is 459 g/mol. The zero-order valence-electron chi connectivity index (χ0n) is 17.1. The van der Waals surface area contributed by atoms with Crippen LogP contribution in [0.4, 0.5) is 5.69 Å².